The van der Waals surface area contributed by atoms with Gasteiger partial charge in [-0.05, 0) is 42.0 Å². The van der Waals surface area contributed by atoms with Gasteiger partial charge in [0.25, 0.3) is 0 Å². The maximum atomic E-state index is 14.1. The summed E-state index contributed by atoms with van der Waals surface area (Å²) in [6.07, 6.45) is -2.74. The number of nitriles is 1. The van der Waals surface area contributed by atoms with Gasteiger partial charge in [0.2, 0.25) is 5.60 Å². The summed E-state index contributed by atoms with van der Waals surface area (Å²) in [5.41, 5.74) is 0.258. The average molecular weight is 467 g/mol. The molecule has 0 bridgehead atoms. The second kappa shape index (κ2) is 7.85. The number of hydrogen-bond acceptors (Lipinski definition) is 5. The predicted molar refractivity (Wildman–Crippen MR) is 106 cm³/mol. The maximum absolute atomic E-state index is 14.1. The molecule has 0 radical (unpaired) electrons. The Morgan fingerprint density at radius 1 is 1.19 bits per heavy atom. The minimum atomic E-state index is -4.79. The molecule has 1 saturated heterocycles. The lowest BCUT2D eigenvalue weighted by Crippen LogP contribution is -2.42. The number of hydrogen-bond donors (Lipinski definition) is 1. The second-order valence-electron chi connectivity index (χ2n) is 6.58. The molecule has 1 N–H and O–H groups in total. The zero-order chi connectivity index (χ0) is 22.2. The molecule has 1 aliphatic heterocycles. The Morgan fingerprint density at radius 3 is 2.55 bits per heavy atom. The Hall–Kier alpha value is -3.13. The van der Waals surface area contributed by atoms with E-state index in [0.717, 1.165) is 12.1 Å². The van der Waals surface area contributed by atoms with Crippen LogP contribution < -0.4 is 5.48 Å². The van der Waals surface area contributed by atoms with Crippen LogP contribution in [0.5, 0.6) is 0 Å². The van der Waals surface area contributed by atoms with Crippen molar-refractivity contribution >= 4 is 34.7 Å². The van der Waals surface area contributed by atoms with Crippen molar-refractivity contribution in [1.82, 2.24) is 20.2 Å². The summed E-state index contributed by atoms with van der Waals surface area (Å²) in [7, 11) is 0. The van der Waals surface area contributed by atoms with Crippen LogP contribution in [0.2, 0.25) is 10.0 Å². The summed E-state index contributed by atoms with van der Waals surface area (Å²) in [4.78, 5) is 13.1. The van der Waals surface area contributed by atoms with Gasteiger partial charge in [-0.15, -0.1) is 0 Å². The minimum Gasteiger partial charge on any atom is -0.253 e. The molecule has 1 unspecified atom stereocenters. The molecule has 0 aliphatic carbocycles. The van der Waals surface area contributed by atoms with E-state index < -0.39 is 18.2 Å². The fourth-order valence-electron chi connectivity index (χ4n) is 3.15. The number of aliphatic imine (C=N–C) groups is 1. The zero-order valence-electron chi connectivity index (χ0n) is 15.4. The Kier molecular flexibility index (Phi) is 5.35. The molecule has 7 nitrogen and oxygen atoms in total. The van der Waals surface area contributed by atoms with Crippen LogP contribution in [0, 0.1) is 11.3 Å². The predicted octanol–water partition coefficient (Wildman–Crippen LogP) is 4.86. The molecule has 0 amide bonds. The van der Waals surface area contributed by atoms with Crippen molar-refractivity contribution in [2.75, 3.05) is 0 Å². The summed E-state index contributed by atoms with van der Waals surface area (Å²) in [5.74, 6) is -0.0670. The fourth-order valence-corrected chi connectivity index (χ4v) is 3.67. The van der Waals surface area contributed by atoms with E-state index in [2.05, 4.69) is 20.6 Å². The van der Waals surface area contributed by atoms with Gasteiger partial charge >= 0.3 is 6.18 Å². The molecule has 0 spiro atoms. The van der Waals surface area contributed by atoms with Crippen LogP contribution >= 0.6 is 23.2 Å². The summed E-state index contributed by atoms with van der Waals surface area (Å²) in [6, 6.07) is 10.1. The van der Waals surface area contributed by atoms with Gasteiger partial charge in [0, 0.05) is 10.0 Å². The van der Waals surface area contributed by atoms with Gasteiger partial charge in [0.1, 0.15) is 24.6 Å². The summed E-state index contributed by atoms with van der Waals surface area (Å²) in [5, 5.41) is 13.4. The van der Waals surface area contributed by atoms with E-state index in [-0.39, 0.29) is 27.1 Å². The Labute approximate surface area is 183 Å². The summed E-state index contributed by atoms with van der Waals surface area (Å²) >= 11 is 11.8. The molecule has 1 aliphatic rings. The van der Waals surface area contributed by atoms with Crippen molar-refractivity contribution in [2.24, 2.45) is 4.99 Å². The molecule has 31 heavy (non-hydrogen) atoms. The number of rotatable bonds is 3. The van der Waals surface area contributed by atoms with Crippen molar-refractivity contribution in [3.05, 3.63) is 70.2 Å². The van der Waals surface area contributed by atoms with Crippen LogP contribution in [0.1, 0.15) is 17.5 Å². The van der Waals surface area contributed by atoms with E-state index in [4.69, 9.17) is 28.0 Å². The van der Waals surface area contributed by atoms with Crippen molar-refractivity contribution in [3.8, 4) is 11.8 Å². The quantitative estimate of drug-likeness (QED) is 0.595. The number of halogens is 5. The molecule has 4 rings (SSSR count). The average Bonchev–Trinajstić information content (AvgIpc) is 3.37. The molecular formula is C19H11Cl2F3N6O. The minimum absolute atomic E-state index is 0.0460. The fraction of sp³-hybridized carbons (Fsp3) is 0.158. The smallest absolute Gasteiger partial charge is 0.253 e. The number of alkyl halides is 3. The molecule has 1 atom stereocenters. The number of amidine groups is 1. The third kappa shape index (κ3) is 3.95. The van der Waals surface area contributed by atoms with Gasteiger partial charge in [0.05, 0.1) is 23.4 Å². The van der Waals surface area contributed by atoms with E-state index in [1.54, 1.807) is 0 Å². The first-order chi connectivity index (χ1) is 14.7. The maximum Gasteiger partial charge on any atom is 0.424 e. The van der Waals surface area contributed by atoms with Gasteiger partial charge in [0.15, 0.2) is 0 Å². The topological polar surface area (TPSA) is 88.1 Å². The summed E-state index contributed by atoms with van der Waals surface area (Å²) < 4.78 is 43.6. The van der Waals surface area contributed by atoms with Gasteiger partial charge in [-0.25, -0.2) is 14.7 Å². The lowest BCUT2D eigenvalue weighted by molar-refractivity contribution is -0.282. The van der Waals surface area contributed by atoms with Crippen molar-refractivity contribution in [3.63, 3.8) is 0 Å². The van der Waals surface area contributed by atoms with E-state index >= 15 is 0 Å². The van der Waals surface area contributed by atoms with Crippen molar-refractivity contribution in [1.29, 1.82) is 5.26 Å². The van der Waals surface area contributed by atoms with Crippen LogP contribution in [0.25, 0.3) is 5.69 Å². The second-order valence-corrected chi connectivity index (χ2v) is 7.45. The summed E-state index contributed by atoms with van der Waals surface area (Å²) in [6.45, 7) is 0. The normalized spacial score (nSPS) is 19.9. The monoisotopic (exact) mass is 466 g/mol. The zero-order valence-corrected chi connectivity index (χ0v) is 16.9. The Bertz CT molecular complexity index is 1190. The molecule has 3 aromatic rings. The standard InChI is InChI=1S/C19H11Cl2F3N6O/c20-13-3-12(4-14(21)5-13)18(19(22,23)24)7-17(29-31-18)28-15-2-1-11(8-25)16(6-15)30-10-26-9-27-30/h1-6,9-10H,7H2,(H,28,29). The van der Waals surface area contributed by atoms with Crippen LogP contribution in [-0.4, -0.2) is 26.8 Å². The van der Waals surface area contributed by atoms with Crippen LogP contribution in [-0.2, 0) is 10.4 Å². The molecule has 0 saturated carbocycles. The molecule has 2 heterocycles. The van der Waals surface area contributed by atoms with Gasteiger partial charge in [-0.3, -0.25) is 10.3 Å². The molecule has 1 fully saturated rings. The van der Waals surface area contributed by atoms with E-state index in [1.807, 2.05) is 6.07 Å². The van der Waals surface area contributed by atoms with E-state index in [9.17, 15) is 18.4 Å². The third-order valence-corrected chi connectivity index (χ3v) is 5.01. The molecule has 2 aromatic carbocycles. The number of aromatic nitrogens is 3. The molecule has 12 heteroatoms. The largest absolute Gasteiger partial charge is 0.424 e. The SMILES string of the molecule is N#Cc1ccc(N=C2CC(c3cc(Cl)cc(Cl)c3)(C(F)(F)F)ON2)cc1-n1cncn1. The van der Waals surface area contributed by atoms with Crippen molar-refractivity contribution < 1.29 is 18.0 Å². The molecule has 1 aromatic heterocycles. The Balaban J connectivity index is 1.73. The highest BCUT2D eigenvalue weighted by Crippen LogP contribution is 2.48. The lowest BCUT2D eigenvalue weighted by Gasteiger charge is -2.29. The number of nitrogens with zero attached hydrogens (tertiary/aromatic N) is 5. The number of nitrogens with one attached hydrogen (secondary N) is 1. The first kappa shape index (κ1) is 21.1. The molecular weight excluding hydrogens is 456 g/mol. The highest BCUT2D eigenvalue weighted by molar-refractivity contribution is 6.34. The highest BCUT2D eigenvalue weighted by Gasteiger charge is 2.62. The number of hydroxylamine groups is 1. The van der Waals surface area contributed by atoms with E-state index in [1.165, 1.54) is 41.6 Å². The lowest BCUT2D eigenvalue weighted by atomic mass is 9.90. The Morgan fingerprint density at radius 2 is 1.94 bits per heavy atom. The number of benzene rings is 2. The first-order valence-electron chi connectivity index (χ1n) is 8.66. The third-order valence-electron chi connectivity index (χ3n) is 4.58. The van der Waals surface area contributed by atoms with E-state index in [0.29, 0.717) is 11.3 Å². The van der Waals surface area contributed by atoms with Gasteiger partial charge < -0.3 is 0 Å². The molecule has 158 valence electrons. The van der Waals surface area contributed by atoms with Crippen LogP contribution in [0.3, 0.4) is 0 Å². The van der Waals surface area contributed by atoms with Gasteiger partial charge in [-0.1, -0.05) is 23.2 Å². The van der Waals surface area contributed by atoms with Crippen LogP contribution in [0.4, 0.5) is 18.9 Å². The first-order valence-corrected chi connectivity index (χ1v) is 9.41. The van der Waals surface area contributed by atoms with Crippen LogP contribution in [0.15, 0.2) is 54.0 Å². The highest BCUT2D eigenvalue weighted by atomic mass is 35.5. The van der Waals surface area contributed by atoms with Gasteiger partial charge in [-0.2, -0.15) is 23.5 Å². The van der Waals surface area contributed by atoms with Crippen molar-refractivity contribution in [2.45, 2.75) is 18.2 Å².